The van der Waals surface area contributed by atoms with E-state index in [0.717, 1.165) is 20.9 Å². The molecule has 3 aromatic rings. The Kier molecular flexibility index (Phi) is 4.91. The Labute approximate surface area is 171 Å². The molecule has 2 aromatic heterocycles. The molecular formula is C22H19NO3S2. The van der Waals surface area contributed by atoms with Crippen molar-refractivity contribution in [1.82, 2.24) is 4.90 Å². The summed E-state index contributed by atoms with van der Waals surface area (Å²) in [6.07, 6.45) is 0. The van der Waals surface area contributed by atoms with Crippen molar-refractivity contribution < 1.29 is 14.7 Å². The molecule has 1 amide bonds. The van der Waals surface area contributed by atoms with E-state index in [-0.39, 0.29) is 11.3 Å². The molecule has 4 rings (SSSR count). The minimum Gasteiger partial charge on any atom is -0.507 e. The lowest BCUT2D eigenvalue weighted by Gasteiger charge is -2.23. The number of amides is 1. The summed E-state index contributed by atoms with van der Waals surface area (Å²) < 4.78 is 0. The van der Waals surface area contributed by atoms with Crippen molar-refractivity contribution in [2.24, 2.45) is 0 Å². The minimum atomic E-state index is -0.631. The van der Waals surface area contributed by atoms with Gasteiger partial charge in [0.15, 0.2) is 0 Å². The maximum Gasteiger partial charge on any atom is 0.296 e. The molecule has 0 radical (unpaired) electrons. The van der Waals surface area contributed by atoms with E-state index in [1.807, 2.05) is 67.1 Å². The highest BCUT2D eigenvalue weighted by molar-refractivity contribution is 7.10. The quantitative estimate of drug-likeness (QED) is 0.373. The summed E-state index contributed by atoms with van der Waals surface area (Å²) in [7, 11) is 0. The maximum absolute atomic E-state index is 13.0. The molecule has 6 heteroatoms. The normalized spacial score (nSPS) is 18.8. The maximum atomic E-state index is 13.0. The number of ketones is 1. The number of aliphatic hydroxyl groups is 1. The fourth-order valence-corrected chi connectivity index (χ4v) is 5.04. The molecule has 1 saturated heterocycles. The number of aryl methyl sites for hydroxylation is 2. The standard InChI is InChI=1S/C22H19NO3S2/c1-13-7-8-14(2)16(11-13)20(24)18-19(17-6-4-10-28-17)23(22(26)21(18)25)12-15-5-3-9-27-15/h3-11,19,24H,12H2,1-2H3/b20-18-. The first-order valence-electron chi connectivity index (χ1n) is 8.89. The number of carbonyl (C=O) groups is 2. The van der Waals surface area contributed by atoms with E-state index >= 15 is 0 Å². The lowest BCUT2D eigenvalue weighted by molar-refractivity contribution is -0.140. The average Bonchev–Trinajstić information content (AvgIpc) is 3.42. The van der Waals surface area contributed by atoms with Crippen molar-refractivity contribution in [3.8, 4) is 0 Å². The number of hydrogen-bond donors (Lipinski definition) is 1. The van der Waals surface area contributed by atoms with Gasteiger partial charge in [-0.2, -0.15) is 0 Å². The SMILES string of the molecule is Cc1ccc(C)c(/C(O)=C2/C(=O)C(=O)N(Cc3cccs3)C2c2cccs2)c1. The molecular weight excluding hydrogens is 390 g/mol. The van der Waals surface area contributed by atoms with E-state index in [1.54, 1.807) is 16.2 Å². The van der Waals surface area contributed by atoms with Crippen LogP contribution in [0.25, 0.3) is 5.76 Å². The number of carbonyl (C=O) groups excluding carboxylic acids is 2. The third-order valence-electron chi connectivity index (χ3n) is 4.91. The Morgan fingerprint density at radius 1 is 1.07 bits per heavy atom. The second-order valence-electron chi connectivity index (χ2n) is 6.84. The number of Topliss-reactive ketones (excluding diaryl/α,β-unsaturated/α-hetero) is 1. The van der Waals surface area contributed by atoms with Crippen LogP contribution in [0, 0.1) is 13.8 Å². The van der Waals surface area contributed by atoms with E-state index in [1.165, 1.54) is 11.3 Å². The van der Waals surface area contributed by atoms with Crippen LogP contribution >= 0.6 is 22.7 Å². The highest BCUT2D eigenvalue weighted by Crippen LogP contribution is 2.42. The van der Waals surface area contributed by atoms with Crippen LogP contribution in [0.4, 0.5) is 0 Å². The van der Waals surface area contributed by atoms with Gasteiger partial charge >= 0.3 is 0 Å². The predicted molar refractivity (Wildman–Crippen MR) is 112 cm³/mol. The first-order valence-corrected chi connectivity index (χ1v) is 10.6. The van der Waals surface area contributed by atoms with Gasteiger partial charge in [-0.1, -0.05) is 29.8 Å². The molecule has 1 unspecified atom stereocenters. The van der Waals surface area contributed by atoms with Crippen molar-refractivity contribution in [3.05, 3.63) is 85.2 Å². The van der Waals surface area contributed by atoms with Crippen molar-refractivity contribution in [1.29, 1.82) is 0 Å². The van der Waals surface area contributed by atoms with Crippen molar-refractivity contribution >= 4 is 40.1 Å². The summed E-state index contributed by atoms with van der Waals surface area (Å²) in [5, 5.41) is 15.0. The second kappa shape index (κ2) is 7.37. The van der Waals surface area contributed by atoms with Gasteiger partial charge in [0.2, 0.25) is 0 Å². The number of benzene rings is 1. The number of hydrogen-bond acceptors (Lipinski definition) is 5. The Balaban J connectivity index is 1.88. The summed E-state index contributed by atoms with van der Waals surface area (Å²) in [5.41, 5.74) is 2.60. The number of rotatable bonds is 4. The van der Waals surface area contributed by atoms with Crippen LogP contribution in [0.3, 0.4) is 0 Å². The van der Waals surface area contributed by atoms with Crippen LogP contribution in [-0.4, -0.2) is 21.7 Å². The zero-order valence-corrected chi connectivity index (χ0v) is 17.1. The second-order valence-corrected chi connectivity index (χ2v) is 8.85. The van der Waals surface area contributed by atoms with Gasteiger partial charge in [0, 0.05) is 15.3 Å². The molecule has 3 heterocycles. The van der Waals surface area contributed by atoms with Crippen LogP contribution in [-0.2, 0) is 16.1 Å². The third-order valence-corrected chi connectivity index (χ3v) is 6.69. The molecule has 142 valence electrons. The molecule has 1 aromatic carbocycles. The summed E-state index contributed by atoms with van der Waals surface area (Å²) in [6.45, 7) is 4.16. The minimum absolute atomic E-state index is 0.105. The first kappa shape index (κ1) is 18.7. The van der Waals surface area contributed by atoms with Crippen molar-refractivity contribution in [3.63, 3.8) is 0 Å². The molecule has 0 spiro atoms. The molecule has 1 aliphatic rings. The van der Waals surface area contributed by atoms with E-state index < -0.39 is 17.7 Å². The van der Waals surface area contributed by atoms with E-state index in [2.05, 4.69) is 0 Å². The van der Waals surface area contributed by atoms with Crippen LogP contribution < -0.4 is 0 Å². The molecule has 1 atom stereocenters. The Morgan fingerprint density at radius 2 is 1.82 bits per heavy atom. The Bertz CT molecular complexity index is 1070. The van der Waals surface area contributed by atoms with Gasteiger partial charge in [0.25, 0.3) is 11.7 Å². The number of aliphatic hydroxyl groups excluding tert-OH is 1. The van der Waals surface area contributed by atoms with E-state index in [4.69, 9.17) is 0 Å². The number of likely N-dealkylation sites (tertiary alicyclic amines) is 1. The molecule has 1 fully saturated rings. The van der Waals surface area contributed by atoms with Crippen LogP contribution in [0.2, 0.25) is 0 Å². The molecule has 0 bridgehead atoms. The molecule has 1 aliphatic heterocycles. The summed E-state index contributed by atoms with van der Waals surface area (Å²) in [5.74, 6) is -1.31. The van der Waals surface area contributed by atoms with Gasteiger partial charge in [0.1, 0.15) is 11.8 Å². The van der Waals surface area contributed by atoms with Gasteiger partial charge in [-0.3, -0.25) is 9.59 Å². The zero-order chi connectivity index (χ0) is 19.8. The third kappa shape index (κ3) is 3.19. The predicted octanol–water partition coefficient (Wildman–Crippen LogP) is 5.05. The van der Waals surface area contributed by atoms with Crippen LogP contribution in [0.15, 0.2) is 58.8 Å². The smallest absolute Gasteiger partial charge is 0.296 e. The largest absolute Gasteiger partial charge is 0.507 e. The molecule has 1 N–H and O–H groups in total. The first-order chi connectivity index (χ1) is 13.5. The summed E-state index contributed by atoms with van der Waals surface area (Å²) >= 11 is 3.02. The summed E-state index contributed by atoms with van der Waals surface area (Å²) in [4.78, 5) is 29.3. The summed E-state index contributed by atoms with van der Waals surface area (Å²) in [6, 6.07) is 12.8. The van der Waals surface area contributed by atoms with E-state index in [0.29, 0.717) is 12.1 Å². The van der Waals surface area contributed by atoms with Crippen LogP contribution in [0.1, 0.15) is 32.5 Å². The fourth-order valence-electron chi connectivity index (χ4n) is 3.49. The average molecular weight is 410 g/mol. The molecule has 28 heavy (non-hydrogen) atoms. The van der Waals surface area contributed by atoms with Crippen molar-refractivity contribution in [2.75, 3.05) is 0 Å². The Morgan fingerprint density at radius 3 is 2.50 bits per heavy atom. The van der Waals surface area contributed by atoms with Gasteiger partial charge in [-0.25, -0.2) is 0 Å². The number of thiophene rings is 2. The van der Waals surface area contributed by atoms with Gasteiger partial charge in [-0.15, -0.1) is 22.7 Å². The highest BCUT2D eigenvalue weighted by Gasteiger charge is 2.46. The monoisotopic (exact) mass is 409 g/mol. The topological polar surface area (TPSA) is 57.6 Å². The van der Waals surface area contributed by atoms with Crippen LogP contribution in [0.5, 0.6) is 0 Å². The highest BCUT2D eigenvalue weighted by atomic mass is 32.1. The molecule has 4 nitrogen and oxygen atoms in total. The number of nitrogens with zero attached hydrogens (tertiary/aromatic N) is 1. The van der Waals surface area contributed by atoms with Gasteiger partial charge in [0.05, 0.1) is 12.1 Å². The fraction of sp³-hybridized carbons (Fsp3) is 0.182. The van der Waals surface area contributed by atoms with Crippen molar-refractivity contribution in [2.45, 2.75) is 26.4 Å². The molecule has 0 saturated carbocycles. The zero-order valence-electron chi connectivity index (χ0n) is 15.5. The lowest BCUT2D eigenvalue weighted by Crippen LogP contribution is -2.28. The Hall–Kier alpha value is -2.70. The molecule has 0 aliphatic carbocycles. The van der Waals surface area contributed by atoms with Gasteiger partial charge < -0.3 is 10.0 Å². The van der Waals surface area contributed by atoms with Gasteiger partial charge in [-0.05, 0) is 48.4 Å². The van der Waals surface area contributed by atoms with E-state index in [9.17, 15) is 14.7 Å². The lowest BCUT2D eigenvalue weighted by atomic mass is 9.96.